The predicted molar refractivity (Wildman–Crippen MR) is 262 cm³/mol. The summed E-state index contributed by atoms with van der Waals surface area (Å²) in [6.45, 7) is 1.19. The maximum atomic E-state index is 14.2. The van der Waals surface area contributed by atoms with Crippen molar-refractivity contribution in [2.75, 3.05) is 0 Å². The molecule has 0 aromatic heterocycles. The number of hydrogen-bond acceptors (Lipinski definition) is 6. The summed E-state index contributed by atoms with van der Waals surface area (Å²) in [5, 5.41) is 20.1. The highest BCUT2D eigenvalue weighted by Crippen LogP contribution is 2.63. The fraction of sp³-hybridized carbons (Fsp3) is 0.887. The standard InChI is InChI=1S/C29H48F6O3Si2.C24H34F6O3/c1-24(2,37-39(5)6)16-11-17-25(3,23-15-14-21-22(36)13-10-19-26(21,23)4)18-12-20-27(28(30,31)32,29(33,34)35)38-40(7,8)9;1-19(2,32)11-6-12-20(3,13-7-15-22(33,23(25,26)27)24(28,29)30)18-10-9-16-17(31)8-5-14-21(16,18)4/h21,23,39H,10-11,13-19H2,1-9H3;16,18,32-33H,5-6,8-14H2,1-4H3/t21?,23-,25-,26+;16?,18-,20-,21+/m11/s1/i2*1D3,2D3. The predicted octanol–water partition coefficient (Wildman–Crippen LogP) is 14.8. The third-order valence-corrected chi connectivity index (χ3v) is 17.8. The second-order valence-corrected chi connectivity index (χ2v) is 30.2. The van der Waals surface area contributed by atoms with E-state index in [-0.39, 0.29) is 55.0 Å². The molecule has 6 nitrogen and oxygen atoms in total. The van der Waals surface area contributed by atoms with Crippen LogP contribution in [0.2, 0.25) is 32.7 Å². The number of carbonyl (C=O) groups is 2. The minimum Gasteiger partial charge on any atom is -0.416 e. The van der Waals surface area contributed by atoms with Gasteiger partial charge in [-0.2, -0.15) is 52.7 Å². The van der Waals surface area contributed by atoms with E-state index in [0.29, 0.717) is 64.2 Å². The van der Waals surface area contributed by atoms with Gasteiger partial charge in [0.2, 0.25) is 0 Å². The lowest BCUT2D eigenvalue weighted by molar-refractivity contribution is -0.343. The summed E-state index contributed by atoms with van der Waals surface area (Å²) in [6, 6.07) is 0. The smallest absolute Gasteiger partial charge is 0.416 e. The van der Waals surface area contributed by atoms with Gasteiger partial charge in [0.05, 0.1) is 11.2 Å². The number of alkyl halides is 12. The topological polar surface area (TPSA) is 93.1 Å². The molecule has 73 heavy (non-hydrogen) atoms. The molecular formula is C53H82F12O6Si2. The van der Waals surface area contributed by atoms with Crippen molar-refractivity contribution in [1.29, 1.82) is 0 Å². The van der Waals surface area contributed by atoms with Crippen LogP contribution < -0.4 is 0 Å². The first-order valence-corrected chi connectivity index (χ1v) is 31.0. The van der Waals surface area contributed by atoms with Crippen molar-refractivity contribution >= 4 is 28.9 Å². The number of fused-ring (bicyclic) bond motifs is 2. The summed E-state index contributed by atoms with van der Waals surface area (Å²) in [6.07, 6.45) is -21.7. The van der Waals surface area contributed by atoms with Gasteiger partial charge in [-0.1, -0.05) is 52.4 Å². The molecule has 4 saturated carbocycles. The Kier molecular flexibility index (Phi) is 14.9. The van der Waals surface area contributed by atoms with Crippen LogP contribution in [0.1, 0.15) is 187 Å². The molecule has 422 valence electrons. The maximum absolute atomic E-state index is 14.2. The first-order valence-electron chi connectivity index (χ1n) is 30.8. The number of halogens is 12. The number of hydrogen-bond donors (Lipinski definition) is 2. The van der Waals surface area contributed by atoms with Crippen molar-refractivity contribution in [3.63, 3.8) is 0 Å². The molecule has 2 unspecified atom stereocenters. The Labute approximate surface area is 445 Å². The second kappa shape index (κ2) is 22.7. The van der Waals surface area contributed by atoms with Crippen LogP contribution in [0.15, 0.2) is 0 Å². The van der Waals surface area contributed by atoms with Gasteiger partial charge in [0.15, 0.2) is 17.4 Å². The molecule has 8 atom stereocenters. The first kappa shape index (κ1) is 48.1. The van der Waals surface area contributed by atoms with Crippen LogP contribution in [-0.4, -0.2) is 86.2 Å². The minimum absolute atomic E-state index is 0.0161. The quantitative estimate of drug-likeness (QED) is 0.0909. The van der Waals surface area contributed by atoms with E-state index in [1.807, 2.05) is 19.8 Å². The average Bonchev–Trinajstić information content (AvgIpc) is 1.82. The van der Waals surface area contributed by atoms with Crippen molar-refractivity contribution in [3.05, 3.63) is 0 Å². The molecule has 0 spiro atoms. The van der Waals surface area contributed by atoms with Gasteiger partial charge in [-0.3, -0.25) is 9.59 Å². The van der Waals surface area contributed by atoms with E-state index in [1.165, 1.54) is 25.6 Å². The zero-order chi connectivity index (χ0) is 66.5. The Balaban J connectivity index is 0.000000451. The van der Waals surface area contributed by atoms with Gasteiger partial charge in [-0.05, 0) is 183 Å². The second-order valence-electron chi connectivity index (χ2n) is 23.4. The van der Waals surface area contributed by atoms with E-state index in [0.717, 1.165) is 5.92 Å². The van der Waals surface area contributed by atoms with Crippen LogP contribution in [0.5, 0.6) is 0 Å². The molecule has 0 aromatic rings. The molecule has 4 fully saturated rings. The molecule has 0 aromatic carbocycles. The van der Waals surface area contributed by atoms with Crippen LogP contribution in [-0.2, 0) is 18.4 Å². The van der Waals surface area contributed by atoms with E-state index in [9.17, 15) is 72.5 Å². The van der Waals surface area contributed by atoms with E-state index < -0.39 is 145 Å². The Hall–Kier alpha value is -2.11. The number of aliphatic hydroxyl groups is 2. The molecule has 0 bridgehead atoms. The van der Waals surface area contributed by atoms with E-state index >= 15 is 0 Å². The van der Waals surface area contributed by atoms with Crippen LogP contribution in [0.3, 0.4) is 0 Å². The van der Waals surface area contributed by atoms with Crippen LogP contribution in [0, 0.1) is 69.0 Å². The summed E-state index contributed by atoms with van der Waals surface area (Å²) >= 11 is 0. The van der Waals surface area contributed by atoms with Crippen molar-refractivity contribution in [2.45, 2.75) is 251 Å². The van der Waals surface area contributed by atoms with E-state index in [2.05, 4.69) is 5.92 Å². The van der Waals surface area contributed by atoms with Crippen molar-refractivity contribution in [2.24, 2.45) is 45.3 Å². The lowest BCUT2D eigenvalue weighted by Gasteiger charge is -2.48. The SMILES string of the molecule is [2H]C([2H])([2H])C(CCC[C@](C)(CC#CC(O[Si](C)(C)C)(C(F)(F)F)C(F)(F)F)[C@H]1CCC2C(=O)CCC[C@@]21C)(O[SiH](C)C)C([2H])([2H])[2H].[2H]C([2H])([2H])C(O)(CCC[C@](C)(CC#CC(O)(C(F)(F)F)C(F)(F)F)[C@H]1CCC2C(=O)CCC[C@@]21C)C([2H])([2H])[2H]. The Bertz CT molecular complexity index is 2420. The lowest BCUT2D eigenvalue weighted by atomic mass is 9.56. The van der Waals surface area contributed by atoms with Crippen molar-refractivity contribution in [1.82, 2.24) is 0 Å². The normalized spacial score (nSPS) is 30.5. The third kappa shape index (κ3) is 15.3. The Morgan fingerprint density at radius 1 is 0.644 bits per heavy atom. The fourth-order valence-corrected chi connectivity index (χ4v) is 14.9. The summed E-state index contributed by atoms with van der Waals surface area (Å²) in [5.74, 6) is 5.13. The van der Waals surface area contributed by atoms with Crippen LogP contribution in [0.25, 0.3) is 0 Å². The van der Waals surface area contributed by atoms with Gasteiger partial charge in [0.1, 0.15) is 11.6 Å². The van der Waals surface area contributed by atoms with Gasteiger partial charge in [0.25, 0.3) is 0 Å². The highest BCUT2D eigenvalue weighted by Gasteiger charge is 2.73. The van der Waals surface area contributed by atoms with Gasteiger partial charge in [-0.25, -0.2) is 0 Å². The largest absolute Gasteiger partial charge is 0.438 e. The van der Waals surface area contributed by atoms with Gasteiger partial charge in [0, 0.05) is 54.0 Å². The molecule has 20 heteroatoms. The van der Waals surface area contributed by atoms with Crippen LogP contribution >= 0.6 is 0 Å². The van der Waals surface area contributed by atoms with Crippen molar-refractivity contribution in [3.8, 4) is 23.7 Å². The molecule has 2 N–H and O–H groups in total. The minimum atomic E-state index is -6.13. The lowest BCUT2D eigenvalue weighted by Crippen LogP contribution is -2.61. The zero-order valence-electron chi connectivity index (χ0n) is 55.2. The third-order valence-electron chi connectivity index (χ3n) is 16.0. The number of ketones is 2. The average molecular weight is 1110 g/mol. The highest BCUT2D eigenvalue weighted by molar-refractivity contribution is 6.69. The molecular weight excluding hydrogens is 1020 g/mol. The summed E-state index contributed by atoms with van der Waals surface area (Å²) in [5.41, 5.74) is -19.1. The summed E-state index contributed by atoms with van der Waals surface area (Å²) in [4.78, 5) is 25.5. The van der Waals surface area contributed by atoms with Gasteiger partial charge >= 0.3 is 35.9 Å². The molecule has 0 heterocycles. The zero-order valence-corrected chi connectivity index (χ0v) is 45.3. The van der Waals surface area contributed by atoms with E-state index in [4.69, 9.17) is 25.3 Å². The Morgan fingerprint density at radius 2 is 1.05 bits per heavy atom. The first-order chi connectivity index (χ1) is 37.7. The molecule has 4 rings (SSSR count). The number of Topliss-reactive ketones (excluding diaryl/α,β-unsaturated/α-hetero) is 2. The molecule has 0 radical (unpaired) electrons. The summed E-state index contributed by atoms with van der Waals surface area (Å²) in [7, 11) is -5.70. The van der Waals surface area contributed by atoms with E-state index in [1.54, 1.807) is 26.9 Å². The maximum Gasteiger partial charge on any atom is 0.438 e. The molecule has 0 amide bonds. The van der Waals surface area contributed by atoms with Gasteiger partial charge < -0.3 is 19.1 Å². The fourth-order valence-electron chi connectivity index (χ4n) is 12.8. The van der Waals surface area contributed by atoms with Crippen LogP contribution in [0.4, 0.5) is 52.7 Å². The Morgan fingerprint density at radius 3 is 1.41 bits per heavy atom. The number of rotatable bonds is 16. The summed E-state index contributed by atoms with van der Waals surface area (Å²) < 4.78 is 269. The van der Waals surface area contributed by atoms with Gasteiger partial charge in [-0.15, -0.1) is 0 Å². The molecule has 4 aliphatic rings. The molecule has 4 aliphatic carbocycles. The number of carbonyl (C=O) groups excluding carboxylic acids is 2. The van der Waals surface area contributed by atoms with Crippen molar-refractivity contribution < 1.29 is 97.8 Å². The molecule has 0 saturated heterocycles. The highest BCUT2D eigenvalue weighted by atomic mass is 28.4. The molecule has 0 aliphatic heterocycles. The monoisotopic (exact) mass is 1110 g/mol.